The summed E-state index contributed by atoms with van der Waals surface area (Å²) >= 11 is 0. The fraction of sp³-hybridized carbons (Fsp3) is 0.594. The molecule has 1 aromatic carbocycles. The molecular weight excluding hydrogens is 614 g/mol. The summed E-state index contributed by atoms with van der Waals surface area (Å²) in [5.74, 6) is -8.73. The summed E-state index contributed by atoms with van der Waals surface area (Å²) in [5, 5.41) is 36.0. The van der Waals surface area contributed by atoms with Crippen LogP contribution in [0.25, 0.3) is 0 Å². The highest BCUT2D eigenvalue weighted by atomic mass is 16.4. The second-order valence-electron chi connectivity index (χ2n) is 11.8. The number of rotatable bonds is 23. The number of unbranched alkanes of at least 4 members (excludes halogenated alkanes) is 1. The Morgan fingerprint density at radius 3 is 2.00 bits per heavy atom. The van der Waals surface area contributed by atoms with Crippen LogP contribution in [0, 0.1) is 17.8 Å². The number of carboxylic acid groups (broad SMARTS) is 2. The van der Waals surface area contributed by atoms with Crippen molar-refractivity contribution in [3.8, 4) is 5.75 Å². The molecule has 0 aromatic heterocycles. The molecular formula is C32H49N5O10. The summed E-state index contributed by atoms with van der Waals surface area (Å²) in [6.45, 7) is 4.65. The van der Waals surface area contributed by atoms with Crippen LogP contribution in [0.15, 0.2) is 24.3 Å². The Hall–Kier alpha value is -4.37. The highest BCUT2D eigenvalue weighted by Gasteiger charge is 2.32. The molecule has 10 N–H and O–H groups in total. The highest BCUT2D eigenvalue weighted by molar-refractivity contribution is 5.96. The van der Waals surface area contributed by atoms with E-state index < -0.39 is 103 Å². The van der Waals surface area contributed by atoms with E-state index in [0.717, 1.165) is 0 Å². The number of hydrogen-bond acceptors (Lipinski definition) is 10. The number of amides is 3. The Kier molecular flexibility index (Phi) is 17.9. The molecule has 0 aliphatic heterocycles. The van der Waals surface area contributed by atoms with Gasteiger partial charge in [-0.2, -0.15) is 0 Å². The number of carbonyl (C=O) groups excluding carboxylic acids is 5. The van der Waals surface area contributed by atoms with Crippen LogP contribution < -0.4 is 27.4 Å². The first-order valence-corrected chi connectivity index (χ1v) is 15.7. The van der Waals surface area contributed by atoms with Crippen molar-refractivity contribution in [2.75, 3.05) is 13.1 Å². The maximum atomic E-state index is 13.2. The van der Waals surface area contributed by atoms with Gasteiger partial charge in [0.25, 0.3) is 0 Å². The Morgan fingerprint density at radius 1 is 0.830 bits per heavy atom. The van der Waals surface area contributed by atoms with Gasteiger partial charge in [0.2, 0.25) is 17.7 Å². The number of ketones is 2. The third-order valence-electron chi connectivity index (χ3n) is 7.80. The number of phenols is 1. The number of aliphatic carboxylic acids is 2. The summed E-state index contributed by atoms with van der Waals surface area (Å²) in [5.41, 5.74) is 11.7. The van der Waals surface area contributed by atoms with E-state index in [9.17, 15) is 48.9 Å². The molecule has 0 saturated carbocycles. The first-order valence-electron chi connectivity index (χ1n) is 15.7. The monoisotopic (exact) mass is 663 g/mol. The summed E-state index contributed by atoms with van der Waals surface area (Å²) in [6, 6.07) is 2.79. The van der Waals surface area contributed by atoms with Gasteiger partial charge in [0.05, 0.1) is 31.0 Å². The zero-order valence-corrected chi connectivity index (χ0v) is 27.2. The lowest BCUT2D eigenvalue weighted by molar-refractivity contribution is -0.144. The third kappa shape index (κ3) is 15.2. The lowest BCUT2D eigenvalue weighted by atomic mass is 9.91. The maximum absolute atomic E-state index is 13.2. The molecule has 0 heterocycles. The van der Waals surface area contributed by atoms with Crippen molar-refractivity contribution in [2.45, 2.75) is 90.3 Å². The van der Waals surface area contributed by atoms with Gasteiger partial charge in [-0.05, 0) is 62.8 Å². The number of hydrogen-bond donors (Lipinski definition) is 8. The number of carboxylic acids is 2. The zero-order chi connectivity index (χ0) is 35.7. The number of aromatic hydroxyl groups is 1. The maximum Gasteiger partial charge on any atom is 0.326 e. The molecule has 0 bridgehead atoms. The van der Waals surface area contributed by atoms with Gasteiger partial charge in [-0.3, -0.25) is 28.8 Å². The predicted molar refractivity (Wildman–Crippen MR) is 171 cm³/mol. The zero-order valence-electron chi connectivity index (χ0n) is 27.2. The van der Waals surface area contributed by atoms with Gasteiger partial charge in [-0.25, -0.2) is 4.79 Å². The van der Waals surface area contributed by atoms with Crippen LogP contribution in [-0.4, -0.2) is 87.8 Å². The second-order valence-corrected chi connectivity index (χ2v) is 11.8. The van der Waals surface area contributed by atoms with Crippen molar-refractivity contribution in [2.24, 2.45) is 29.2 Å². The van der Waals surface area contributed by atoms with E-state index in [4.69, 9.17) is 11.5 Å². The molecule has 3 amide bonds. The lowest BCUT2D eigenvalue weighted by Crippen LogP contribution is -2.48. The molecule has 0 aliphatic rings. The van der Waals surface area contributed by atoms with Crippen LogP contribution in [0.4, 0.5) is 0 Å². The lowest BCUT2D eigenvalue weighted by Gasteiger charge is -2.24. The predicted octanol–water partition coefficient (Wildman–Crippen LogP) is 0.253. The van der Waals surface area contributed by atoms with E-state index in [1.54, 1.807) is 26.0 Å². The van der Waals surface area contributed by atoms with Crippen molar-refractivity contribution >= 4 is 41.2 Å². The molecule has 6 atom stereocenters. The SMILES string of the molecule is CC[C@H](C)[C@H](NC(=O)[C@@H](CC(=O)CNC(=O)[C@H](CC(=O)O)CC(=O)[C@H](CCCCN)NC(=O)[C@H](C)N)Cc1ccc(O)cc1)C(=O)O. The number of carbonyl (C=O) groups is 7. The summed E-state index contributed by atoms with van der Waals surface area (Å²) in [6.07, 6.45) is 0.107. The van der Waals surface area contributed by atoms with E-state index in [1.807, 2.05) is 0 Å². The van der Waals surface area contributed by atoms with Crippen LogP contribution in [-0.2, 0) is 40.0 Å². The number of nitrogens with two attached hydrogens (primary N) is 2. The first kappa shape index (κ1) is 40.7. The van der Waals surface area contributed by atoms with E-state index in [0.29, 0.717) is 31.4 Å². The van der Waals surface area contributed by atoms with Crippen LogP contribution in [0.5, 0.6) is 5.75 Å². The minimum atomic E-state index is -1.36. The smallest absolute Gasteiger partial charge is 0.326 e. The Bertz CT molecular complexity index is 1240. The molecule has 0 spiro atoms. The molecule has 47 heavy (non-hydrogen) atoms. The number of Topliss-reactive ketones (excluding diaryl/α,β-unsaturated/α-hetero) is 2. The van der Waals surface area contributed by atoms with Crippen LogP contribution >= 0.6 is 0 Å². The van der Waals surface area contributed by atoms with Gasteiger partial charge >= 0.3 is 11.9 Å². The van der Waals surface area contributed by atoms with Crippen LogP contribution in [0.3, 0.4) is 0 Å². The number of nitrogens with one attached hydrogen (secondary N) is 3. The molecule has 0 unspecified atom stereocenters. The van der Waals surface area contributed by atoms with Gasteiger partial charge in [0.15, 0.2) is 11.6 Å². The normalized spacial score (nSPS) is 14.8. The van der Waals surface area contributed by atoms with Crippen LogP contribution in [0.2, 0.25) is 0 Å². The van der Waals surface area contributed by atoms with Gasteiger partial charge in [0.1, 0.15) is 11.8 Å². The summed E-state index contributed by atoms with van der Waals surface area (Å²) in [4.78, 5) is 87.9. The minimum Gasteiger partial charge on any atom is -0.508 e. The van der Waals surface area contributed by atoms with E-state index >= 15 is 0 Å². The average molecular weight is 664 g/mol. The molecule has 0 saturated heterocycles. The molecule has 0 radical (unpaired) electrons. The minimum absolute atomic E-state index is 0.0103. The number of phenolic OH excluding ortho intramolecular Hbond substituents is 1. The summed E-state index contributed by atoms with van der Waals surface area (Å²) < 4.78 is 0. The van der Waals surface area contributed by atoms with Gasteiger partial charge < -0.3 is 42.7 Å². The highest BCUT2D eigenvalue weighted by Crippen LogP contribution is 2.19. The van der Waals surface area contributed by atoms with Crippen molar-refractivity contribution in [1.82, 2.24) is 16.0 Å². The molecule has 262 valence electrons. The van der Waals surface area contributed by atoms with Gasteiger partial charge in [0, 0.05) is 18.8 Å². The van der Waals surface area contributed by atoms with E-state index in [-0.39, 0.29) is 18.6 Å². The quantitative estimate of drug-likeness (QED) is 0.0733. The molecule has 0 aliphatic carbocycles. The second kappa shape index (κ2) is 20.7. The fourth-order valence-electron chi connectivity index (χ4n) is 4.77. The van der Waals surface area contributed by atoms with Gasteiger partial charge in [-0.1, -0.05) is 32.4 Å². The average Bonchev–Trinajstić information content (AvgIpc) is 3.01. The third-order valence-corrected chi connectivity index (χ3v) is 7.80. The van der Waals surface area contributed by atoms with E-state index in [1.165, 1.54) is 19.1 Å². The fourth-order valence-corrected chi connectivity index (χ4v) is 4.77. The molecule has 1 aromatic rings. The summed E-state index contributed by atoms with van der Waals surface area (Å²) in [7, 11) is 0. The molecule has 1 rings (SSSR count). The largest absolute Gasteiger partial charge is 0.508 e. The topological polar surface area (TPSA) is 268 Å². The van der Waals surface area contributed by atoms with Crippen LogP contribution in [0.1, 0.15) is 71.3 Å². The first-order chi connectivity index (χ1) is 22.1. The Labute approximate surface area is 274 Å². The molecule has 0 fully saturated rings. The van der Waals surface area contributed by atoms with E-state index in [2.05, 4.69) is 16.0 Å². The van der Waals surface area contributed by atoms with Gasteiger partial charge in [-0.15, -0.1) is 0 Å². The Morgan fingerprint density at radius 2 is 1.47 bits per heavy atom. The molecule has 15 nitrogen and oxygen atoms in total. The Balaban J connectivity index is 3.06. The van der Waals surface area contributed by atoms with Crippen molar-refractivity contribution < 1.29 is 48.9 Å². The molecule has 15 heteroatoms. The van der Waals surface area contributed by atoms with Crippen molar-refractivity contribution in [3.05, 3.63) is 29.8 Å². The number of benzene rings is 1. The standard InChI is InChI=1S/C32H49N5O10/c1-4-18(2)28(32(46)47)37-31(45)21(13-20-8-10-23(38)11-9-20)14-24(39)17-35-30(44)22(16-27(41)42)15-26(40)25(7-5-6-12-33)36-29(43)19(3)34/h8-11,18-19,21-22,25,28,38H,4-7,12-17,33-34H2,1-3H3,(H,35,44)(H,36,43)(H,37,45)(H,41,42)(H,46,47)/t18-,19-,21+,22-,25-,28-/m0/s1. The van der Waals surface area contributed by atoms with Crippen molar-refractivity contribution in [3.63, 3.8) is 0 Å². The van der Waals surface area contributed by atoms with Crippen molar-refractivity contribution in [1.29, 1.82) is 0 Å².